The van der Waals surface area contributed by atoms with Crippen molar-refractivity contribution in [3.8, 4) is 0 Å². The Kier molecular flexibility index (Phi) is 4.75. The molecule has 0 amide bonds. The van der Waals surface area contributed by atoms with Gasteiger partial charge in [-0.05, 0) is 24.2 Å². The van der Waals surface area contributed by atoms with Gasteiger partial charge in [0.2, 0.25) is 0 Å². The van der Waals surface area contributed by atoms with E-state index in [9.17, 15) is 4.79 Å². The molecule has 98 valence electrons. The van der Waals surface area contributed by atoms with Crippen molar-refractivity contribution in [3.05, 3.63) is 28.2 Å². The largest absolute Gasteiger partial charge is 0.480 e. The van der Waals surface area contributed by atoms with Crippen molar-refractivity contribution in [3.63, 3.8) is 0 Å². The molecule has 0 aromatic heterocycles. The van der Waals surface area contributed by atoms with Crippen molar-refractivity contribution < 1.29 is 9.90 Å². The van der Waals surface area contributed by atoms with Crippen LogP contribution in [0.1, 0.15) is 11.1 Å². The molecular weight excluding hydrogens is 298 g/mol. The standard InChI is InChI=1S/C12H16BrN3O2/c1-3-7-8(5-16(2)6-11(17)18)12(15)10(14)4-9(7)13/h3-4H,1,5-6,14-15H2,2H3,(H,17,18). The summed E-state index contributed by atoms with van der Waals surface area (Å²) in [5, 5.41) is 8.74. The van der Waals surface area contributed by atoms with Crippen molar-refractivity contribution in [2.75, 3.05) is 25.1 Å². The number of halogens is 1. The summed E-state index contributed by atoms with van der Waals surface area (Å²) in [5.74, 6) is -0.890. The second-order valence-electron chi connectivity index (χ2n) is 4.02. The van der Waals surface area contributed by atoms with E-state index in [2.05, 4.69) is 22.5 Å². The van der Waals surface area contributed by atoms with Gasteiger partial charge in [0, 0.05) is 11.0 Å². The van der Waals surface area contributed by atoms with Gasteiger partial charge in [0.1, 0.15) is 0 Å². The van der Waals surface area contributed by atoms with Crippen LogP contribution in [0.2, 0.25) is 0 Å². The number of likely N-dealkylation sites (N-methyl/N-ethyl adjacent to an activating group) is 1. The molecule has 1 aromatic carbocycles. The summed E-state index contributed by atoms with van der Waals surface area (Å²) in [4.78, 5) is 12.3. The smallest absolute Gasteiger partial charge is 0.317 e. The maximum Gasteiger partial charge on any atom is 0.317 e. The Morgan fingerprint density at radius 2 is 2.22 bits per heavy atom. The molecule has 0 aliphatic rings. The van der Waals surface area contributed by atoms with Crippen molar-refractivity contribution in [1.29, 1.82) is 0 Å². The fourth-order valence-electron chi connectivity index (χ4n) is 1.70. The second kappa shape index (κ2) is 5.88. The highest BCUT2D eigenvalue weighted by Crippen LogP contribution is 2.32. The van der Waals surface area contributed by atoms with Crippen LogP contribution in [-0.2, 0) is 11.3 Å². The normalized spacial score (nSPS) is 10.6. The number of anilines is 2. The molecule has 0 spiro atoms. The van der Waals surface area contributed by atoms with Crippen molar-refractivity contribution >= 4 is 39.4 Å². The van der Waals surface area contributed by atoms with Crippen LogP contribution in [0.15, 0.2) is 17.1 Å². The molecule has 0 bridgehead atoms. The van der Waals surface area contributed by atoms with Crippen molar-refractivity contribution in [1.82, 2.24) is 4.90 Å². The summed E-state index contributed by atoms with van der Waals surface area (Å²) < 4.78 is 0.794. The SMILES string of the molecule is C=Cc1c(Br)cc(N)c(N)c1CN(C)CC(=O)O. The van der Waals surface area contributed by atoms with Gasteiger partial charge >= 0.3 is 5.97 Å². The minimum Gasteiger partial charge on any atom is -0.480 e. The fourth-order valence-corrected chi connectivity index (χ4v) is 2.35. The number of carboxylic acid groups (broad SMARTS) is 1. The summed E-state index contributed by atoms with van der Waals surface area (Å²) in [6, 6.07) is 1.72. The number of nitrogens with two attached hydrogens (primary N) is 2. The van der Waals surface area contributed by atoms with Crippen LogP contribution in [0.3, 0.4) is 0 Å². The first-order chi connectivity index (χ1) is 8.36. The molecule has 0 heterocycles. The number of benzene rings is 1. The third-order valence-electron chi connectivity index (χ3n) is 2.54. The Morgan fingerprint density at radius 3 is 2.72 bits per heavy atom. The van der Waals surface area contributed by atoms with Gasteiger partial charge in [0.15, 0.2) is 0 Å². The van der Waals surface area contributed by atoms with Gasteiger partial charge in [0.25, 0.3) is 0 Å². The van der Waals surface area contributed by atoms with Crippen LogP contribution in [0, 0.1) is 0 Å². The lowest BCUT2D eigenvalue weighted by Gasteiger charge is -2.19. The number of nitrogen functional groups attached to an aromatic ring is 2. The first-order valence-electron chi connectivity index (χ1n) is 5.26. The zero-order valence-corrected chi connectivity index (χ0v) is 11.7. The summed E-state index contributed by atoms with van der Waals surface area (Å²) in [7, 11) is 1.71. The van der Waals surface area contributed by atoms with Gasteiger partial charge in [-0.3, -0.25) is 9.69 Å². The second-order valence-corrected chi connectivity index (χ2v) is 4.88. The molecule has 5 N–H and O–H groups in total. The van der Waals surface area contributed by atoms with E-state index in [-0.39, 0.29) is 6.54 Å². The number of carbonyl (C=O) groups is 1. The molecule has 18 heavy (non-hydrogen) atoms. The molecule has 6 heteroatoms. The molecule has 5 nitrogen and oxygen atoms in total. The van der Waals surface area contributed by atoms with Crippen molar-refractivity contribution in [2.45, 2.75) is 6.54 Å². The van der Waals surface area contributed by atoms with E-state index >= 15 is 0 Å². The summed E-state index contributed by atoms with van der Waals surface area (Å²) >= 11 is 3.39. The quantitative estimate of drug-likeness (QED) is 0.720. The monoisotopic (exact) mass is 313 g/mol. The number of nitrogens with zero attached hydrogens (tertiary/aromatic N) is 1. The van der Waals surface area contributed by atoms with E-state index in [0.717, 1.165) is 15.6 Å². The van der Waals surface area contributed by atoms with Gasteiger partial charge < -0.3 is 16.6 Å². The number of hydrogen-bond donors (Lipinski definition) is 3. The molecule has 0 unspecified atom stereocenters. The van der Waals surface area contributed by atoms with E-state index in [1.54, 1.807) is 24.1 Å². The molecule has 0 saturated carbocycles. The Bertz CT molecular complexity index is 489. The Morgan fingerprint density at radius 1 is 1.61 bits per heavy atom. The van der Waals surface area contributed by atoms with Gasteiger partial charge in [-0.25, -0.2) is 0 Å². The maximum absolute atomic E-state index is 10.6. The third-order valence-corrected chi connectivity index (χ3v) is 3.19. The molecule has 1 rings (SSSR count). The maximum atomic E-state index is 10.6. The van der Waals surface area contributed by atoms with E-state index in [4.69, 9.17) is 16.6 Å². The predicted molar refractivity (Wildman–Crippen MR) is 77.0 cm³/mol. The van der Waals surface area contributed by atoms with Crippen LogP contribution >= 0.6 is 15.9 Å². The topological polar surface area (TPSA) is 92.6 Å². The van der Waals surface area contributed by atoms with Gasteiger partial charge in [-0.1, -0.05) is 28.6 Å². The molecule has 0 radical (unpaired) electrons. The minimum atomic E-state index is -0.890. The minimum absolute atomic E-state index is 0.0670. The highest BCUT2D eigenvalue weighted by molar-refractivity contribution is 9.10. The zero-order chi connectivity index (χ0) is 13.9. The van der Waals surface area contributed by atoms with E-state index in [0.29, 0.717) is 17.9 Å². The number of rotatable bonds is 5. The number of hydrogen-bond acceptors (Lipinski definition) is 4. The summed E-state index contributed by atoms with van der Waals surface area (Å²) in [5.41, 5.74) is 14.3. The summed E-state index contributed by atoms with van der Waals surface area (Å²) in [6.07, 6.45) is 1.67. The molecule has 0 saturated heterocycles. The average Bonchev–Trinajstić information content (AvgIpc) is 2.24. The van der Waals surface area contributed by atoms with Crippen LogP contribution in [0.4, 0.5) is 11.4 Å². The van der Waals surface area contributed by atoms with Gasteiger partial charge in [-0.2, -0.15) is 0 Å². The first-order valence-corrected chi connectivity index (χ1v) is 6.05. The zero-order valence-electron chi connectivity index (χ0n) is 10.1. The van der Waals surface area contributed by atoms with Crippen LogP contribution in [0.25, 0.3) is 6.08 Å². The third kappa shape index (κ3) is 3.24. The lowest BCUT2D eigenvalue weighted by Crippen LogP contribution is -2.26. The van der Waals surface area contributed by atoms with E-state index in [1.165, 1.54) is 0 Å². The Labute approximate surface area is 114 Å². The van der Waals surface area contributed by atoms with Crippen molar-refractivity contribution in [2.24, 2.45) is 0 Å². The molecule has 0 aliphatic carbocycles. The number of carboxylic acids is 1. The highest BCUT2D eigenvalue weighted by atomic mass is 79.9. The Balaban J connectivity index is 3.14. The highest BCUT2D eigenvalue weighted by Gasteiger charge is 2.14. The first kappa shape index (κ1) is 14.5. The molecule has 0 atom stereocenters. The number of aliphatic carboxylic acids is 1. The van der Waals surface area contributed by atoms with Gasteiger partial charge in [-0.15, -0.1) is 0 Å². The van der Waals surface area contributed by atoms with Crippen LogP contribution < -0.4 is 11.5 Å². The molecular formula is C12H16BrN3O2. The predicted octanol–water partition coefficient (Wildman–Crippen LogP) is 1.77. The molecule has 0 aliphatic heterocycles. The lowest BCUT2D eigenvalue weighted by molar-refractivity contribution is -0.138. The van der Waals surface area contributed by atoms with Gasteiger partial charge in [0.05, 0.1) is 17.9 Å². The summed E-state index contributed by atoms with van der Waals surface area (Å²) in [6.45, 7) is 4.06. The van der Waals surface area contributed by atoms with E-state index in [1.807, 2.05) is 0 Å². The average molecular weight is 314 g/mol. The van der Waals surface area contributed by atoms with E-state index < -0.39 is 5.97 Å². The molecule has 0 fully saturated rings. The fraction of sp³-hybridized carbons (Fsp3) is 0.250. The Hall–Kier alpha value is -1.53. The van der Waals surface area contributed by atoms with Crippen LogP contribution in [-0.4, -0.2) is 29.6 Å². The van der Waals surface area contributed by atoms with Crippen LogP contribution in [0.5, 0.6) is 0 Å². The molecule has 1 aromatic rings. The lowest BCUT2D eigenvalue weighted by atomic mass is 10.0.